The van der Waals surface area contributed by atoms with Gasteiger partial charge in [0.25, 0.3) is 5.91 Å². The van der Waals surface area contributed by atoms with Crippen LogP contribution in [0, 0.1) is 6.92 Å². The number of benzene rings is 1. The van der Waals surface area contributed by atoms with Crippen LogP contribution in [-0.4, -0.2) is 10.9 Å². The monoisotopic (exact) mass is 367 g/mol. The van der Waals surface area contributed by atoms with Crippen molar-refractivity contribution in [1.82, 2.24) is 4.98 Å². The number of carbonyl (C=O) groups excluding carboxylic acids is 1. The number of halogens is 2. The molecule has 6 heteroatoms. The average molecular weight is 369 g/mol. The van der Waals surface area contributed by atoms with Gasteiger partial charge in [-0.05, 0) is 59.1 Å². The molecule has 2 aromatic rings. The van der Waals surface area contributed by atoms with Gasteiger partial charge in [-0.15, -0.1) is 0 Å². The highest BCUT2D eigenvalue weighted by atomic mass is 79.9. The molecule has 21 heavy (non-hydrogen) atoms. The highest BCUT2D eigenvalue weighted by molar-refractivity contribution is 9.10. The lowest BCUT2D eigenvalue weighted by Crippen LogP contribution is -2.14. The second-order valence-electron chi connectivity index (χ2n) is 4.66. The van der Waals surface area contributed by atoms with Gasteiger partial charge in [-0.2, -0.15) is 0 Å². The summed E-state index contributed by atoms with van der Waals surface area (Å²) in [6.07, 6.45) is 0.714. The zero-order valence-corrected chi connectivity index (χ0v) is 14.0. The molecule has 0 fully saturated rings. The number of aryl methyl sites for hydroxylation is 2. The minimum Gasteiger partial charge on any atom is -0.384 e. The molecule has 0 aliphatic carbocycles. The van der Waals surface area contributed by atoms with Gasteiger partial charge in [0.15, 0.2) is 0 Å². The van der Waals surface area contributed by atoms with E-state index in [4.69, 9.17) is 17.3 Å². The van der Waals surface area contributed by atoms with Crippen molar-refractivity contribution in [3.05, 3.63) is 50.6 Å². The lowest BCUT2D eigenvalue weighted by Gasteiger charge is -2.10. The van der Waals surface area contributed by atoms with Crippen molar-refractivity contribution >= 4 is 44.9 Å². The Bertz CT molecular complexity index is 704. The van der Waals surface area contributed by atoms with Crippen LogP contribution in [0.5, 0.6) is 0 Å². The van der Waals surface area contributed by atoms with Gasteiger partial charge in [-0.25, -0.2) is 4.98 Å². The molecule has 4 nitrogen and oxygen atoms in total. The Morgan fingerprint density at radius 3 is 2.76 bits per heavy atom. The average Bonchev–Trinajstić information content (AvgIpc) is 2.43. The molecule has 1 aromatic carbocycles. The minimum absolute atomic E-state index is 0.251. The summed E-state index contributed by atoms with van der Waals surface area (Å²) in [4.78, 5) is 16.5. The van der Waals surface area contributed by atoms with Gasteiger partial charge in [-0.1, -0.05) is 18.5 Å². The van der Waals surface area contributed by atoms with Crippen LogP contribution in [0.3, 0.4) is 0 Å². The molecule has 0 radical (unpaired) electrons. The third kappa shape index (κ3) is 3.74. The number of nitrogens with two attached hydrogens (primary N) is 1. The van der Waals surface area contributed by atoms with Crippen molar-refractivity contribution in [3.63, 3.8) is 0 Å². The zero-order valence-electron chi connectivity index (χ0n) is 11.7. The molecular formula is C15H15BrClN3O. The number of amides is 1. The first-order valence-electron chi connectivity index (χ1n) is 6.44. The van der Waals surface area contributed by atoms with Crippen molar-refractivity contribution < 1.29 is 4.79 Å². The summed E-state index contributed by atoms with van der Waals surface area (Å²) in [5.41, 5.74) is 8.52. The fraction of sp³-hybridized carbons (Fsp3) is 0.200. The fourth-order valence-electron chi connectivity index (χ4n) is 1.86. The molecule has 0 aliphatic heterocycles. The molecule has 0 atom stereocenters. The van der Waals surface area contributed by atoms with E-state index in [-0.39, 0.29) is 5.91 Å². The number of hydrogen-bond acceptors (Lipinski definition) is 3. The highest BCUT2D eigenvalue weighted by Crippen LogP contribution is 2.29. The second-order valence-corrected chi connectivity index (χ2v) is 5.92. The Hall–Kier alpha value is -1.59. The third-order valence-electron chi connectivity index (χ3n) is 3.02. The van der Waals surface area contributed by atoms with Gasteiger partial charge in [0.2, 0.25) is 0 Å². The quantitative estimate of drug-likeness (QED) is 0.853. The van der Waals surface area contributed by atoms with E-state index in [2.05, 4.69) is 26.2 Å². The lowest BCUT2D eigenvalue weighted by molar-refractivity contribution is 0.102. The van der Waals surface area contributed by atoms with E-state index < -0.39 is 0 Å². The largest absolute Gasteiger partial charge is 0.384 e. The molecule has 0 unspecified atom stereocenters. The summed E-state index contributed by atoms with van der Waals surface area (Å²) in [6, 6.07) is 6.86. The normalized spacial score (nSPS) is 10.5. The van der Waals surface area contributed by atoms with Gasteiger partial charge in [0.05, 0.1) is 5.69 Å². The van der Waals surface area contributed by atoms with Gasteiger partial charge in [0, 0.05) is 20.8 Å². The van der Waals surface area contributed by atoms with Crippen molar-refractivity contribution in [2.24, 2.45) is 0 Å². The number of aromatic nitrogens is 1. The molecule has 1 heterocycles. The molecule has 1 aromatic heterocycles. The van der Waals surface area contributed by atoms with Gasteiger partial charge >= 0.3 is 0 Å². The Labute approximate surface area is 136 Å². The maximum Gasteiger partial charge on any atom is 0.255 e. The van der Waals surface area contributed by atoms with Crippen molar-refractivity contribution in [1.29, 1.82) is 0 Å². The van der Waals surface area contributed by atoms with E-state index in [0.717, 1.165) is 15.7 Å². The Balaban J connectivity index is 2.30. The molecule has 2 rings (SSSR count). The molecule has 0 aliphatic rings. The first kappa shape index (κ1) is 15.8. The molecule has 1 amide bonds. The number of rotatable bonds is 3. The SMILES string of the molecule is CCc1cc(C(=O)Nc2cc(Cl)c(C)cc2Br)cc(N)n1. The lowest BCUT2D eigenvalue weighted by atomic mass is 10.1. The van der Waals surface area contributed by atoms with Crippen LogP contribution in [0.25, 0.3) is 0 Å². The van der Waals surface area contributed by atoms with Crippen molar-refractivity contribution in [3.8, 4) is 0 Å². The van der Waals surface area contributed by atoms with Crippen LogP contribution < -0.4 is 11.1 Å². The van der Waals surface area contributed by atoms with Gasteiger partial charge in [-0.3, -0.25) is 4.79 Å². The van der Waals surface area contributed by atoms with E-state index in [9.17, 15) is 4.79 Å². The Morgan fingerprint density at radius 1 is 1.38 bits per heavy atom. The van der Waals surface area contributed by atoms with Crippen LogP contribution >= 0.6 is 27.5 Å². The maximum atomic E-state index is 12.3. The smallest absolute Gasteiger partial charge is 0.255 e. The molecule has 0 spiro atoms. The number of nitrogens with zero attached hydrogens (tertiary/aromatic N) is 1. The number of nitrogen functional groups attached to an aromatic ring is 1. The van der Waals surface area contributed by atoms with Crippen LogP contribution in [0.15, 0.2) is 28.7 Å². The van der Waals surface area contributed by atoms with Crippen LogP contribution in [0.4, 0.5) is 11.5 Å². The Morgan fingerprint density at radius 2 is 2.10 bits per heavy atom. The second kappa shape index (κ2) is 6.45. The summed E-state index contributed by atoms with van der Waals surface area (Å²) in [5.74, 6) is 0.0833. The van der Waals surface area contributed by atoms with Crippen molar-refractivity contribution in [2.45, 2.75) is 20.3 Å². The van der Waals surface area contributed by atoms with E-state index in [1.54, 1.807) is 18.2 Å². The molecule has 0 saturated carbocycles. The van der Waals surface area contributed by atoms with E-state index in [0.29, 0.717) is 28.5 Å². The summed E-state index contributed by atoms with van der Waals surface area (Å²) in [5, 5.41) is 3.41. The summed E-state index contributed by atoms with van der Waals surface area (Å²) >= 11 is 9.50. The Kier molecular flexibility index (Phi) is 4.85. The van der Waals surface area contributed by atoms with Crippen LogP contribution in [0.1, 0.15) is 28.5 Å². The van der Waals surface area contributed by atoms with E-state index >= 15 is 0 Å². The van der Waals surface area contributed by atoms with E-state index in [1.807, 2.05) is 19.9 Å². The van der Waals surface area contributed by atoms with Gasteiger partial charge < -0.3 is 11.1 Å². The first-order valence-corrected chi connectivity index (χ1v) is 7.61. The zero-order chi connectivity index (χ0) is 15.6. The van der Waals surface area contributed by atoms with Crippen LogP contribution in [-0.2, 0) is 6.42 Å². The predicted molar refractivity (Wildman–Crippen MR) is 89.9 cm³/mol. The molecule has 110 valence electrons. The summed E-state index contributed by atoms with van der Waals surface area (Å²) < 4.78 is 0.774. The third-order valence-corrected chi connectivity index (χ3v) is 4.08. The number of hydrogen-bond donors (Lipinski definition) is 2. The topological polar surface area (TPSA) is 68.0 Å². The number of anilines is 2. The molecule has 3 N–H and O–H groups in total. The standard InChI is InChI=1S/C15H15BrClN3O/c1-3-10-5-9(6-14(18)19-10)15(21)20-13-7-12(17)8(2)4-11(13)16/h4-7H,3H2,1-2H3,(H2,18,19)(H,20,21). The number of nitrogens with one attached hydrogen (secondary N) is 1. The van der Waals surface area contributed by atoms with Crippen LogP contribution in [0.2, 0.25) is 5.02 Å². The van der Waals surface area contributed by atoms with E-state index in [1.165, 1.54) is 0 Å². The highest BCUT2D eigenvalue weighted by Gasteiger charge is 2.12. The fourth-order valence-corrected chi connectivity index (χ4v) is 2.58. The van der Waals surface area contributed by atoms with Crippen molar-refractivity contribution in [2.75, 3.05) is 11.1 Å². The summed E-state index contributed by atoms with van der Waals surface area (Å²) in [6.45, 7) is 3.86. The number of pyridine rings is 1. The maximum absolute atomic E-state index is 12.3. The molecule has 0 bridgehead atoms. The molecular weight excluding hydrogens is 354 g/mol. The van der Waals surface area contributed by atoms with Gasteiger partial charge in [0.1, 0.15) is 5.82 Å². The minimum atomic E-state index is -0.251. The number of carbonyl (C=O) groups is 1. The summed E-state index contributed by atoms with van der Waals surface area (Å²) in [7, 11) is 0. The molecule has 0 saturated heterocycles. The first-order chi connectivity index (χ1) is 9.90. The predicted octanol–water partition coefficient (Wildman–Crippen LogP) is 4.20.